The lowest BCUT2D eigenvalue weighted by Gasteiger charge is -2.09. The van der Waals surface area contributed by atoms with Crippen LogP contribution in [0.4, 0.5) is 11.5 Å². The highest BCUT2D eigenvalue weighted by Crippen LogP contribution is 2.28. The lowest BCUT2D eigenvalue weighted by atomic mass is 10.1. The van der Waals surface area contributed by atoms with E-state index in [1.165, 1.54) is 18.0 Å². The second kappa shape index (κ2) is 7.05. The summed E-state index contributed by atoms with van der Waals surface area (Å²) in [4.78, 5) is 28.0. The van der Waals surface area contributed by atoms with Crippen LogP contribution in [0.3, 0.4) is 0 Å². The smallest absolute Gasteiger partial charge is 0.248 e. The van der Waals surface area contributed by atoms with Gasteiger partial charge in [-0.1, -0.05) is 24.3 Å². The number of benzene rings is 1. The van der Waals surface area contributed by atoms with Gasteiger partial charge < -0.3 is 20.2 Å². The second-order valence-corrected chi connectivity index (χ2v) is 6.67. The Morgan fingerprint density at radius 2 is 1.89 bits per heavy atom. The molecule has 0 amide bonds. The van der Waals surface area contributed by atoms with Gasteiger partial charge in [0, 0.05) is 24.5 Å². The molecule has 0 spiro atoms. The fourth-order valence-electron chi connectivity index (χ4n) is 2.97. The van der Waals surface area contributed by atoms with Gasteiger partial charge >= 0.3 is 0 Å². The molecule has 0 unspecified atom stereocenters. The van der Waals surface area contributed by atoms with Crippen molar-refractivity contribution in [2.24, 2.45) is 0 Å². The lowest BCUT2D eigenvalue weighted by molar-refractivity contribution is 0.402. The summed E-state index contributed by atoms with van der Waals surface area (Å²) in [5, 5.41) is 4.11. The van der Waals surface area contributed by atoms with Crippen LogP contribution in [0.25, 0.3) is 22.3 Å². The molecule has 136 valence electrons. The molecule has 0 aliphatic carbocycles. The standard InChI is InChI=1S/C20H20N6O/c1-26(2)11-13-3-5-14(6-4-13)17-9-16-19(22-12-23-20(16)25-17)24-15-7-8-18(27)21-10-15/h3-10,12H,11H2,1-2H3,(H,21,27)(H2,22,23,24,25). The molecule has 7 nitrogen and oxygen atoms in total. The first-order chi connectivity index (χ1) is 13.1. The number of rotatable bonds is 5. The van der Waals surface area contributed by atoms with Crippen molar-refractivity contribution >= 4 is 22.5 Å². The summed E-state index contributed by atoms with van der Waals surface area (Å²) in [5.74, 6) is 0.679. The fraction of sp³-hybridized carbons (Fsp3) is 0.150. The molecule has 4 rings (SSSR count). The number of nitrogens with zero attached hydrogens (tertiary/aromatic N) is 3. The average Bonchev–Trinajstić information content (AvgIpc) is 3.09. The van der Waals surface area contributed by atoms with Gasteiger partial charge in [0.2, 0.25) is 5.56 Å². The van der Waals surface area contributed by atoms with Crippen molar-refractivity contribution in [1.29, 1.82) is 0 Å². The Kier molecular flexibility index (Phi) is 4.43. The average molecular weight is 360 g/mol. The Morgan fingerprint density at radius 3 is 2.59 bits per heavy atom. The zero-order valence-corrected chi connectivity index (χ0v) is 15.2. The van der Waals surface area contributed by atoms with Crippen molar-refractivity contribution in [3.63, 3.8) is 0 Å². The molecule has 0 aliphatic rings. The van der Waals surface area contributed by atoms with E-state index in [-0.39, 0.29) is 5.56 Å². The van der Waals surface area contributed by atoms with Gasteiger partial charge in [-0.25, -0.2) is 9.97 Å². The summed E-state index contributed by atoms with van der Waals surface area (Å²) < 4.78 is 0. The van der Waals surface area contributed by atoms with Crippen molar-refractivity contribution in [2.75, 3.05) is 19.4 Å². The van der Waals surface area contributed by atoms with Crippen LogP contribution >= 0.6 is 0 Å². The van der Waals surface area contributed by atoms with Crippen LogP contribution in [-0.4, -0.2) is 38.9 Å². The zero-order valence-electron chi connectivity index (χ0n) is 15.2. The van der Waals surface area contributed by atoms with Gasteiger partial charge in [-0.2, -0.15) is 0 Å². The number of hydrogen-bond acceptors (Lipinski definition) is 5. The van der Waals surface area contributed by atoms with E-state index >= 15 is 0 Å². The van der Waals surface area contributed by atoms with Crippen LogP contribution in [0.15, 0.2) is 59.8 Å². The van der Waals surface area contributed by atoms with E-state index in [9.17, 15) is 4.79 Å². The van der Waals surface area contributed by atoms with Gasteiger partial charge in [-0.05, 0) is 37.4 Å². The molecule has 7 heteroatoms. The maximum Gasteiger partial charge on any atom is 0.248 e. The molecule has 0 saturated heterocycles. The maximum atomic E-state index is 11.2. The number of pyridine rings is 1. The predicted octanol–water partition coefficient (Wildman–Crippen LogP) is 3.12. The normalized spacial score (nSPS) is 11.2. The first kappa shape index (κ1) is 17.0. The zero-order chi connectivity index (χ0) is 18.8. The van der Waals surface area contributed by atoms with E-state index in [1.807, 2.05) is 6.07 Å². The largest absolute Gasteiger partial charge is 0.339 e. The molecule has 0 bridgehead atoms. The molecule has 3 N–H and O–H groups in total. The van der Waals surface area contributed by atoms with E-state index in [0.717, 1.165) is 34.5 Å². The minimum absolute atomic E-state index is 0.143. The van der Waals surface area contributed by atoms with Crippen molar-refractivity contribution in [3.05, 3.63) is 70.9 Å². The molecule has 27 heavy (non-hydrogen) atoms. The summed E-state index contributed by atoms with van der Waals surface area (Å²) in [6, 6.07) is 13.7. The Bertz CT molecular complexity index is 1110. The molecule has 0 atom stereocenters. The highest BCUT2D eigenvalue weighted by atomic mass is 16.1. The topological polar surface area (TPSA) is 89.7 Å². The van der Waals surface area contributed by atoms with E-state index in [2.05, 4.69) is 68.5 Å². The molecular weight excluding hydrogens is 340 g/mol. The third kappa shape index (κ3) is 3.73. The lowest BCUT2D eigenvalue weighted by Crippen LogP contribution is -2.10. The van der Waals surface area contributed by atoms with Crippen LogP contribution in [0.5, 0.6) is 0 Å². The number of hydrogen-bond donors (Lipinski definition) is 3. The van der Waals surface area contributed by atoms with Gasteiger partial charge in [-0.3, -0.25) is 4.79 Å². The molecule has 1 aromatic carbocycles. The third-order valence-corrected chi connectivity index (χ3v) is 4.24. The number of H-pyrrole nitrogens is 2. The van der Waals surface area contributed by atoms with Gasteiger partial charge in [0.05, 0.1) is 11.1 Å². The SMILES string of the molecule is CN(C)Cc1ccc(-c2cc3c(Nc4ccc(=O)[nH]c4)ncnc3[nH]2)cc1. The van der Waals surface area contributed by atoms with E-state index in [1.54, 1.807) is 12.3 Å². The number of aromatic amines is 2. The summed E-state index contributed by atoms with van der Waals surface area (Å²) in [6.07, 6.45) is 3.13. The summed E-state index contributed by atoms with van der Waals surface area (Å²) in [5.41, 5.74) is 4.70. The minimum Gasteiger partial charge on any atom is -0.339 e. The van der Waals surface area contributed by atoms with E-state index in [4.69, 9.17) is 0 Å². The number of aromatic nitrogens is 4. The first-order valence-corrected chi connectivity index (χ1v) is 8.62. The highest BCUT2D eigenvalue weighted by Gasteiger charge is 2.10. The Balaban J connectivity index is 1.66. The van der Waals surface area contributed by atoms with Crippen LogP contribution in [0, 0.1) is 0 Å². The van der Waals surface area contributed by atoms with Gasteiger partial charge in [0.15, 0.2) is 0 Å². The molecule has 0 aliphatic heterocycles. The van der Waals surface area contributed by atoms with Gasteiger partial charge in [0.25, 0.3) is 0 Å². The van der Waals surface area contributed by atoms with E-state index in [0.29, 0.717) is 5.82 Å². The van der Waals surface area contributed by atoms with Crippen LogP contribution in [-0.2, 0) is 6.54 Å². The summed E-state index contributed by atoms with van der Waals surface area (Å²) in [7, 11) is 4.11. The first-order valence-electron chi connectivity index (χ1n) is 8.62. The molecule has 0 saturated carbocycles. The predicted molar refractivity (Wildman–Crippen MR) is 107 cm³/mol. The third-order valence-electron chi connectivity index (χ3n) is 4.24. The Hall–Kier alpha value is -3.45. The molecule has 3 heterocycles. The Labute approximate surface area is 156 Å². The quantitative estimate of drug-likeness (QED) is 0.509. The molecule has 0 radical (unpaired) electrons. The van der Waals surface area contributed by atoms with Gasteiger partial charge in [-0.15, -0.1) is 0 Å². The van der Waals surface area contributed by atoms with Crippen LogP contribution < -0.4 is 10.9 Å². The number of anilines is 2. The van der Waals surface area contributed by atoms with Crippen LogP contribution in [0.2, 0.25) is 0 Å². The maximum absolute atomic E-state index is 11.2. The Morgan fingerprint density at radius 1 is 1.07 bits per heavy atom. The van der Waals surface area contributed by atoms with Gasteiger partial charge in [0.1, 0.15) is 17.8 Å². The number of fused-ring (bicyclic) bond motifs is 1. The molecule has 3 aromatic heterocycles. The van der Waals surface area contributed by atoms with Crippen molar-refractivity contribution < 1.29 is 0 Å². The van der Waals surface area contributed by atoms with E-state index < -0.39 is 0 Å². The van der Waals surface area contributed by atoms with Crippen molar-refractivity contribution in [2.45, 2.75) is 6.54 Å². The summed E-state index contributed by atoms with van der Waals surface area (Å²) >= 11 is 0. The minimum atomic E-state index is -0.143. The highest BCUT2D eigenvalue weighted by molar-refractivity contribution is 5.92. The van der Waals surface area contributed by atoms with Crippen LogP contribution in [0.1, 0.15) is 5.56 Å². The monoisotopic (exact) mass is 360 g/mol. The molecule has 0 fully saturated rings. The summed E-state index contributed by atoms with van der Waals surface area (Å²) in [6.45, 7) is 0.908. The van der Waals surface area contributed by atoms with Crippen molar-refractivity contribution in [1.82, 2.24) is 24.8 Å². The van der Waals surface area contributed by atoms with Crippen molar-refractivity contribution in [3.8, 4) is 11.3 Å². The number of nitrogens with one attached hydrogen (secondary N) is 3. The second-order valence-electron chi connectivity index (χ2n) is 6.67. The fourth-order valence-corrected chi connectivity index (χ4v) is 2.97. The molecular formula is C20H20N6O. The molecule has 4 aromatic rings.